The van der Waals surface area contributed by atoms with E-state index in [1.165, 1.54) is 4.90 Å². The number of carbonyl (C=O) groups excluding carboxylic acids is 3. The molecule has 212 valence electrons. The Morgan fingerprint density at radius 2 is 1.46 bits per heavy atom. The number of fused-ring (bicyclic) bond motifs is 1. The van der Waals surface area contributed by atoms with Crippen molar-refractivity contribution in [2.45, 2.75) is 44.6 Å². The largest absolute Gasteiger partial charge is 0.453 e. The van der Waals surface area contributed by atoms with E-state index in [-0.39, 0.29) is 29.0 Å². The van der Waals surface area contributed by atoms with Gasteiger partial charge in [-0.25, -0.2) is 33.4 Å². The SMILES string of the molecule is CC(C)(C)OC(=O)N1C[C@H](OC(=O)c2ccccc2)[C@@H](OC(=O)c2ccccc2)[C@@H]1c1ncn2c(=O)[nH]c(=O)[nH]c12. The second kappa shape index (κ2) is 10.8. The molecule has 0 radical (unpaired) electrons. The van der Waals surface area contributed by atoms with Crippen molar-refractivity contribution >= 4 is 23.7 Å². The van der Waals surface area contributed by atoms with Crippen LogP contribution in [-0.4, -0.2) is 66.6 Å². The molecule has 0 unspecified atom stereocenters. The van der Waals surface area contributed by atoms with Gasteiger partial charge in [-0.15, -0.1) is 0 Å². The summed E-state index contributed by atoms with van der Waals surface area (Å²) in [7, 11) is 0. The van der Waals surface area contributed by atoms with E-state index in [0.29, 0.717) is 0 Å². The van der Waals surface area contributed by atoms with Crippen LogP contribution in [0.15, 0.2) is 76.6 Å². The van der Waals surface area contributed by atoms with Gasteiger partial charge in [-0.3, -0.25) is 14.9 Å². The maximum absolute atomic E-state index is 13.5. The fourth-order valence-corrected chi connectivity index (χ4v) is 4.55. The van der Waals surface area contributed by atoms with Crippen LogP contribution in [0.4, 0.5) is 4.79 Å². The van der Waals surface area contributed by atoms with Gasteiger partial charge in [0.1, 0.15) is 29.3 Å². The van der Waals surface area contributed by atoms with Crippen molar-refractivity contribution in [1.82, 2.24) is 24.3 Å². The van der Waals surface area contributed by atoms with Crippen LogP contribution >= 0.6 is 0 Å². The lowest BCUT2D eigenvalue weighted by Gasteiger charge is -2.29. The summed E-state index contributed by atoms with van der Waals surface area (Å²) in [6.45, 7) is 4.80. The first-order chi connectivity index (χ1) is 19.5. The summed E-state index contributed by atoms with van der Waals surface area (Å²) < 4.78 is 18.4. The molecule has 5 rings (SSSR count). The van der Waals surface area contributed by atoms with Crippen LogP contribution in [0.5, 0.6) is 0 Å². The van der Waals surface area contributed by atoms with Gasteiger partial charge in [-0.2, -0.15) is 0 Å². The molecule has 41 heavy (non-hydrogen) atoms. The molecule has 1 fully saturated rings. The van der Waals surface area contributed by atoms with Crippen molar-refractivity contribution in [2.75, 3.05) is 6.54 Å². The predicted octanol–water partition coefficient (Wildman–Crippen LogP) is 2.45. The van der Waals surface area contributed by atoms with E-state index in [1.54, 1.807) is 81.4 Å². The zero-order valence-electron chi connectivity index (χ0n) is 22.4. The highest BCUT2D eigenvalue weighted by molar-refractivity contribution is 5.90. The number of rotatable bonds is 5. The Morgan fingerprint density at radius 1 is 0.878 bits per heavy atom. The molecule has 0 spiro atoms. The molecule has 3 heterocycles. The van der Waals surface area contributed by atoms with E-state index in [9.17, 15) is 24.0 Å². The summed E-state index contributed by atoms with van der Waals surface area (Å²) in [4.78, 5) is 74.6. The Bertz CT molecular complexity index is 1700. The second-order valence-electron chi connectivity index (χ2n) is 10.4. The van der Waals surface area contributed by atoms with Crippen molar-refractivity contribution in [3.8, 4) is 0 Å². The topological polar surface area (TPSA) is 165 Å². The van der Waals surface area contributed by atoms with E-state index in [4.69, 9.17) is 14.2 Å². The van der Waals surface area contributed by atoms with Crippen LogP contribution in [0.2, 0.25) is 0 Å². The molecule has 3 atom stereocenters. The molecule has 4 aromatic rings. The Kier molecular flexibility index (Phi) is 7.18. The molecule has 1 aliphatic rings. The summed E-state index contributed by atoms with van der Waals surface area (Å²) in [6.07, 6.45) is -2.12. The third-order valence-corrected chi connectivity index (χ3v) is 6.29. The second-order valence-corrected chi connectivity index (χ2v) is 10.4. The van der Waals surface area contributed by atoms with Crippen LogP contribution in [0.1, 0.15) is 53.2 Å². The fraction of sp³-hybridized carbons (Fsp3) is 0.286. The number of likely N-dealkylation sites (tertiary alicyclic amines) is 1. The molecule has 1 aliphatic heterocycles. The van der Waals surface area contributed by atoms with Crippen molar-refractivity contribution in [3.63, 3.8) is 0 Å². The number of ether oxygens (including phenoxy) is 3. The van der Waals surface area contributed by atoms with Crippen LogP contribution in [0.25, 0.3) is 5.65 Å². The molecule has 0 bridgehead atoms. The molecule has 13 nitrogen and oxygen atoms in total. The standard InChI is InChI=1S/C28H27N5O8/c1-28(2,3)41-27(38)32-14-18(39-23(34)16-10-6-4-7-11-16)21(40-24(35)17-12-8-5-9-13-17)20(32)19-22-30-25(36)31-26(37)33(22)15-29-19/h4-13,15,18,20-21H,14H2,1-3H3,(H2,30,31,36,37)/t18-,20-,21+/m0/s1. The minimum absolute atomic E-state index is 0.0307. The van der Waals surface area contributed by atoms with Gasteiger partial charge in [-0.05, 0) is 45.0 Å². The first kappa shape index (κ1) is 27.4. The average Bonchev–Trinajstić information content (AvgIpc) is 3.50. The summed E-state index contributed by atoms with van der Waals surface area (Å²) in [5, 5.41) is 0. The number of aromatic nitrogens is 4. The summed E-state index contributed by atoms with van der Waals surface area (Å²) >= 11 is 0. The number of benzene rings is 2. The summed E-state index contributed by atoms with van der Waals surface area (Å²) in [6, 6.07) is 15.1. The molecular weight excluding hydrogens is 534 g/mol. The number of aromatic amines is 2. The fourth-order valence-electron chi connectivity index (χ4n) is 4.55. The average molecular weight is 562 g/mol. The Balaban J connectivity index is 1.62. The van der Waals surface area contributed by atoms with Gasteiger partial charge in [0, 0.05) is 0 Å². The Labute approximate surface area is 232 Å². The molecule has 0 saturated carbocycles. The van der Waals surface area contributed by atoms with Crippen LogP contribution in [0.3, 0.4) is 0 Å². The molecule has 1 amide bonds. The molecule has 2 aromatic carbocycles. The zero-order chi connectivity index (χ0) is 29.3. The van der Waals surface area contributed by atoms with Gasteiger partial charge >= 0.3 is 29.4 Å². The van der Waals surface area contributed by atoms with E-state index in [0.717, 1.165) is 10.7 Å². The van der Waals surface area contributed by atoms with Crippen LogP contribution in [-0.2, 0) is 14.2 Å². The van der Waals surface area contributed by atoms with E-state index in [1.807, 2.05) is 0 Å². The molecule has 13 heteroatoms. The van der Waals surface area contributed by atoms with Crippen molar-refractivity contribution in [3.05, 3.63) is 105 Å². The third kappa shape index (κ3) is 5.73. The number of hydrogen-bond donors (Lipinski definition) is 2. The highest BCUT2D eigenvalue weighted by Crippen LogP contribution is 2.38. The molecule has 0 aliphatic carbocycles. The predicted molar refractivity (Wildman–Crippen MR) is 143 cm³/mol. The van der Waals surface area contributed by atoms with Crippen molar-refractivity contribution in [2.24, 2.45) is 0 Å². The van der Waals surface area contributed by atoms with Gasteiger partial charge < -0.3 is 14.2 Å². The van der Waals surface area contributed by atoms with Crippen LogP contribution < -0.4 is 11.4 Å². The highest BCUT2D eigenvalue weighted by atomic mass is 16.6. The number of nitrogens with zero attached hydrogens (tertiary/aromatic N) is 3. The van der Waals surface area contributed by atoms with Gasteiger partial charge in [-0.1, -0.05) is 36.4 Å². The number of amides is 1. The number of H-pyrrole nitrogens is 2. The van der Waals surface area contributed by atoms with E-state index in [2.05, 4.69) is 15.0 Å². The zero-order valence-corrected chi connectivity index (χ0v) is 22.4. The molecular formula is C28H27N5O8. The van der Waals surface area contributed by atoms with Gasteiger partial charge in [0.2, 0.25) is 0 Å². The quantitative estimate of drug-likeness (QED) is 0.275. The minimum Gasteiger partial charge on any atom is -0.453 e. The number of imidazole rings is 1. The number of carbonyl (C=O) groups is 3. The van der Waals surface area contributed by atoms with Crippen molar-refractivity contribution < 1.29 is 28.6 Å². The number of nitrogens with one attached hydrogen (secondary N) is 2. The smallest absolute Gasteiger partial charge is 0.411 e. The molecule has 2 N–H and O–H groups in total. The maximum Gasteiger partial charge on any atom is 0.411 e. The minimum atomic E-state index is -1.30. The van der Waals surface area contributed by atoms with E-state index < -0.39 is 53.3 Å². The molecule has 1 saturated heterocycles. The van der Waals surface area contributed by atoms with Crippen LogP contribution in [0, 0.1) is 0 Å². The van der Waals surface area contributed by atoms with Gasteiger partial charge in [0.25, 0.3) is 0 Å². The lowest BCUT2D eigenvalue weighted by molar-refractivity contribution is -0.0272. The normalized spacial score (nSPS) is 18.7. The first-order valence-electron chi connectivity index (χ1n) is 12.7. The van der Waals surface area contributed by atoms with E-state index >= 15 is 0 Å². The monoisotopic (exact) mass is 561 g/mol. The van der Waals surface area contributed by atoms with Gasteiger partial charge in [0.15, 0.2) is 12.2 Å². The number of esters is 2. The maximum atomic E-state index is 13.5. The molecule has 2 aromatic heterocycles. The lowest BCUT2D eigenvalue weighted by Crippen LogP contribution is -2.39. The first-order valence-corrected chi connectivity index (χ1v) is 12.7. The van der Waals surface area contributed by atoms with Gasteiger partial charge in [0.05, 0.1) is 17.7 Å². The Hall–Kier alpha value is -5.20. The summed E-state index contributed by atoms with van der Waals surface area (Å²) in [5.74, 6) is -1.46. The van der Waals surface area contributed by atoms with Crippen molar-refractivity contribution in [1.29, 1.82) is 0 Å². The third-order valence-electron chi connectivity index (χ3n) is 6.29. The lowest BCUT2D eigenvalue weighted by atomic mass is 10.1. The highest BCUT2D eigenvalue weighted by Gasteiger charge is 2.52. The summed E-state index contributed by atoms with van der Waals surface area (Å²) in [5.41, 5.74) is -2.02. The Morgan fingerprint density at radius 3 is 2.05 bits per heavy atom. The number of hydrogen-bond acceptors (Lipinski definition) is 9.